The minimum absolute atomic E-state index is 0.170. The van der Waals surface area contributed by atoms with Gasteiger partial charge in [0, 0.05) is 0 Å². The Bertz CT molecular complexity index is 618. The van der Waals surface area contributed by atoms with Crippen LogP contribution in [0.2, 0.25) is 0 Å². The predicted octanol–water partition coefficient (Wildman–Crippen LogP) is 3.56. The first-order valence-corrected chi connectivity index (χ1v) is 6.68. The molecule has 2 rings (SSSR count). The second kappa shape index (κ2) is 6.04. The molecule has 0 atom stereocenters. The molecule has 0 unspecified atom stereocenters. The number of hydrogen-bond acceptors (Lipinski definition) is 1. The van der Waals surface area contributed by atoms with Crippen molar-refractivity contribution in [2.75, 3.05) is 0 Å². The Morgan fingerprint density at radius 2 is 1.43 bits per heavy atom. The summed E-state index contributed by atoms with van der Waals surface area (Å²) in [5, 5.41) is 2.90. The molecule has 1 N–H and O–H groups in total. The van der Waals surface area contributed by atoms with E-state index in [1.807, 2.05) is 13.8 Å². The van der Waals surface area contributed by atoms with E-state index in [1.165, 1.54) is 24.3 Å². The highest BCUT2D eigenvalue weighted by Crippen LogP contribution is 2.20. The molecule has 0 aliphatic carbocycles. The van der Waals surface area contributed by atoms with Gasteiger partial charge < -0.3 is 5.32 Å². The van der Waals surface area contributed by atoms with Crippen LogP contribution in [0.5, 0.6) is 0 Å². The zero-order valence-electron chi connectivity index (χ0n) is 12.0. The molecule has 2 aromatic rings. The molecule has 21 heavy (non-hydrogen) atoms. The molecular weight excluding hydrogens is 272 g/mol. The first-order chi connectivity index (χ1) is 9.87. The van der Waals surface area contributed by atoms with Crippen molar-refractivity contribution in [2.24, 2.45) is 0 Å². The van der Waals surface area contributed by atoms with Gasteiger partial charge in [0.2, 0.25) is 5.91 Å². The van der Waals surface area contributed by atoms with E-state index in [1.54, 1.807) is 24.3 Å². The van der Waals surface area contributed by atoms with E-state index in [9.17, 15) is 13.6 Å². The van der Waals surface area contributed by atoms with Crippen LogP contribution in [0.3, 0.4) is 0 Å². The molecule has 0 aliphatic heterocycles. The first-order valence-electron chi connectivity index (χ1n) is 6.68. The normalized spacial score (nSPS) is 11.2. The van der Waals surface area contributed by atoms with Crippen LogP contribution in [0, 0.1) is 11.6 Å². The second-order valence-corrected chi connectivity index (χ2v) is 5.48. The predicted molar refractivity (Wildman–Crippen MR) is 77.7 cm³/mol. The summed E-state index contributed by atoms with van der Waals surface area (Å²) in [6.07, 6.45) is 0.172. The summed E-state index contributed by atoms with van der Waals surface area (Å²) >= 11 is 0. The van der Waals surface area contributed by atoms with Gasteiger partial charge >= 0.3 is 0 Å². The number of rotatable bonds is 4. The molecule has 0 radical (unpaired) electrons. The fourth-order valence-corrected chi connectivity index (χ4v) is 2.12. The summed E-state index contributed by atoms with van der Waals surface area (Å²) in [7, 11) is 0. The molecule has 110 valence electrons. The maximum Gasteiger partial charge on any atom is 0.225 e. The Morgan fingerprint density at radius 1 is 0.952 bits per heavy atom. The topological polar surface area (TPSA) is 29.1 Å². The average molecular weight is 289 g/mol. The Balaban J connectivity index is 2.03. The Morgan fingerprint density at radius 3 is 1.95 bits per heavy atom. The van der Waals surface area contributed by atoms with E-state index in [2.05, 4.69) is 5.32 Å². The molecule has 2 nitrogen and oxygen atoms in total. The summed E-state index contributed by atoms with van der Waals surface area (Å²) in [5.74, 6) is -0.811. The molecule has 1 amide bonds. The van der Waals surface area contributed by atoms with Gasteiger partial charge in [-0.25, -0.2) is 8.78 Å². The maximum absolute atomic E-state index is 12.9. The van der Waals surface area contributed by atoms with Crippen molar-refractivity contribution in [1.82, 2.24) is 5.32 Å². The van der Waals surface area contributed by atoms with Gasteiger partial charge in [0.1, 0.15) is 11.6 Å². The van der Waals surface area contributed by atoms with Crippen molar-refractivity contribution < 1.29 is 13.6 Å². The van der Waals surface area contributed by atoms with E-state index in [0.29, 0.717) is 0 Å². The summed E-state index contributed by atoms with van der Waals surface area (Å²) in [6, 6.07) is 11.8. The van der Waals surface area contributed by atoms with E-state index >= 15 is 0 Å². The lowest BCUT2D eigenvalue weighted by Gasteiger charge is -2.27. The lowest BCUT2D eigenvalue weighted by atomic mass is 9.94. The van der Waals surface area contributed by atoms with Gasteiger partial charge in [-0.1, -0.05) is 24.3 Å². The molecule has 0 aromatic heterocycles. The zero-order chi connectivity index (χ0) is 15.5. The molecule has 0 spiro atoms. The molecule has 0 bridgehead atoms. The third-order valence-electron chi connectivity index (χ3n) is 3.30. The van der Waals surface area contributed by atoms with Gasteiger partial charge in [0.15, 0.2) is 0 Å². The van der Waals surface area contributed by atoms with E-state index in [0.717, 1.165) is 11.1 Å². The Kier molecular flexibility index (Phi) is 4.36. The van der Waals surface area contributed by atoms with Crippen LogP contribution in [0.4, 0.5) is 8.78 Å². The molecular formula is C17H17F2NO. The average Bonchev–Trinajstić information content (AvgIpc) is 2.41. The van der Waals surface area contributed by atoms with Gasteiger partial charge in [-0.2, -0.15) is 0 Å². The first kappa shape index (κ1) is 15.2. The monoisotopic (exact) mass is 289 g/mol. The quantitative estimate of drug-likeness (QED) is 0.916. The molecule has 2 aromatic carbocycles. The minimum Gasteiger partial charge on any atom is -0.347 e. The lowest BCUT2D eigenvalue weighted by molar-refractivity contribution is -0.122. The number of amides is 1. The fourth-order valence-electron chi connectivity index (χ4n) is 2.12. The smallest absolute Gasteiger partial charge is 0.225 e. The number of hydrogen-bond donors (Lipinski definition) is 1. The van der Waals surface area contributed by atoms with Crippen LogP contribution in [0.1, 0.15) is 25.0 Å². The summed E-state index contributed by atoms with van der Waals surface area (Å²) < 4.78 is 25.8. The standard InChI is InChI=1S/C17H17F2NO/c1-17(2,13-5-9-15(19)10-6-13)20-16(21)11-12-3-7-14(18)8-4-12/h3-10H,11H2,1-2H3,(H,20,21). The number of carbonyl (C=O) groups is 1. The van der Waals surface area contributed by atoms with E-state index < -0.39 is 5.54 Å². The molecule has 0 heterocycles. The number of halogens is 2. The van der Waals surface area contributed by atoms with Crippen LogP contribution in [0.25, 0.3) is 0 Å². The van der Waals surface area contributed by atoms with Gasteiger partial charge in [-0.3, -0.25) is 4.79 Å². The van der Waals surface area contributed by atoms with E-state index in [-0.39, 0.29) is 24.0 Å². The fraction of sp³-hybridized carbons (Fsp3) is 0.235. The highest BCUT2D eigenvalue weighted by Gasteiger charge is 2.22. The Hall–Kier alpha value is -2.23. The van der Waals surface area contributed by atoms with Crippen molar-refractivity contribution in [3.63, 3.8) is 0 Å². The number of carbonyl (C=O) groups excluding carboxylic acids is 1. The lowest BCUT2D eigenvalue weighted by Crippen LogP contribution is -2.41. The van der Waals surface area contributed by atoms with Crippen LogP contribution >= 0.6 is 0 Å². The van der Waals surface area contributed by atoms with Crippen LogP contribution < -0.4 is 5.32 Å². The maximum atomic E-state index is 12.9. The van der Waals surface area contributed by atoms with Gasteiger partial charge in [-0.05, 0) is 49.2 Å². The molecule has 0 saturated heterocycles. The summed E-state index contributed by atoms with van der Waals surface area (Å²) in [4.78, 5) is 12.1. The van der Waals surface area contributed by atoms with Crippen LogP contribution in [0.15, 0.2) is 48.5 Å². The second-order valence-electron chi connectivity index (χ2n) is 5.48. The molecule has 0 saturated carbocycles. The summed E-state index contributed by atoms with van der Waals surface area (Å²) in [6.45, 7) is 3.70. The zero-order valence-corrected chi connectivity index (χ0v) is 12.0. The van der Waals surface area contributed by atoms with Crippen molar-refractivity contribution in [2.45, 2.75) is 25.8 Å². The van der Waals surface area contributed by atoms with E-state index in [4.69, 9.17) is 0 Å². The highest BCUT2D eigenvalue weighted by molar-refractivity contribution is 5.79. The van der Waals surface area contributed by atoms with Crippen molar-refractivity contribution in [3.05, 3.63) is 71.3 Å². The van der Waals surface area contributed by atoms with Crippen molar-refractivity contribution >= 4 is 5.91 Å². The van der Waals surface area contributed by atoms with Crippen molar-refractivity contribution in [1.29, 1.82) is 0 Å². The van der Waals surface area contributed by atoms with Gasteiger partial charge in [0.05, 0.1) is 12.0 Å². The van der Waals surface area contributed by atoms with Crippen LogP contribution in [-0.2, 0) is 16.8 Å². The number of nitrogens with one attached hydrogen (secondary N) is 1. The Labute approximate surface area is 122 Å². The summed E-state index contributed by atoms with van der Waals surface area (Å²) in [5.41, 5.74) is 0.949. The third kappa shape index (κ3) is 4.12. The molecule has 0 fully saturated rings. The van der Waals surface area contributed by atoms with Crippen LogP contribution in [-0.4, -0.2) is 5.91 Å². The van der Waals surface area contributed by atoms with Gasteiger partial charge in [0.25, 0.3) is 0 Å². The largest absolute Gasteiger partial charge is 0.347 e. The van der Waals surface area contributed by atoms with Crippen molar-refractivity contribution in [3.8, 4) is 0 Å². The highest BCUT2D eigenvalue weighted by atomic mass is 19.1. The minimum atomic E-state index is -0.606. The molecule has 4 heteroatoms. The van der Waals surface area contributed by atoms with Gasteiger partial charge in [-0.15, -0.1) is 0 Å². The SMILES string of the molecule is CC(C)(NC(=O)Cc1ccc(F)cc1)c1ccc(F)cc1. The molecule has 0 aliphatic rings. The number of benzene rings is 2. The third-order valence-corrected chi connectivity index (χ3v) is 3.30.